The lowest BCUT2D eigenvalue weighted by atomic mass is 10.3. The molecule has 0 aliphatic carbocycles. The molecule has 1 unspecified atom stereocenters. The van der Waals surface area contributed by atoms with Crippen LogP contribution < -0.4 is 10.1 Å². The maximum atomic E-state index is 11.9. The number of likely N-dealkylation sites (tertiary alicyclic amines) is 1. The number of anilines is 1. The van der Waals surface area contributed by atoms with Crippen LogP contribution in [-0.2, 0) is 9.59 Å². The Labute approximate surface area is 135 Å². The van der Waals surface area contributed by atoms with E-state index >= 15 is 0 Å². The van der Waals surface area contributed by atoms with Crippen molar-refractivity contribution in [3.05, 3.63) is 24.3 Å². The van der Waals surface area contributed by atoms with Gasteiger partial charge >= 0.3 is 0 Å². The van der Waals surface area contributed by atoms with Gasteiger partial charge in [0.25, 0.3) is 5.91 Å². The standard InChI is InChI=1S/C16H22N2O3S/c1-12(22-2)16(20)17-13-6-5-7-14(10-13)21-11-15(19)18-8-3-4-9-18/h5-7,10,12H,3-4,8-9,11H2,1-2H3,(H,17,20). The fourth-order valence-electron chi connectivity index (χ4n) is 2.22. The zero-order valence-corrected chi connectivity index (χ0v) is 13.8. The molecule has 5 nitrogen and oxygen atoms in total. The van der Waals surface area contributed by atoms with Crippen LogP contribution in [0, 0.1) is 0 Å². The summed E-state index contributed by atoms with van der Waals surface area (Å²) < 4.78 is 5.54. The van der Waals surface area contributed by atoms with Crippen LogP contribution in [-0.4, -0.2) is 47.9 Å². The number of ether oxygens (including phenoxy) is 1. The highest BCUT2D eigenvalue weighted by molar-refractivity contribution is 7.99. The molecule has 0 radical (unpaired) electrons. The molecule has 22 heavy (non-hydrogen) atoms. The Hall–Kier alpha value is -1.69. The maximum Gasteiger partial charge on any atom is 0.260 e. The molecule has 0 saturated carbocycles. The quantitative estimate of drug-likeness (QED) is 0.873. The predicted octanol–water partition coefficient (Wildman–Crippen LogP) is 2.38. The summed E-state index contributed by atoms with van der Waals surface area (Å²) >= 11 is 1.49. The van der Waals surface area contributed by atoms with E-state index in [1.54, 1.807) is 24.3 Å². The monoisotopic (exact) mass is 322 g/mol. The van der Waals surface area contributed by atoms with Crippen molar-refractivity contribution < 1.29 is 14.3 Å². The zero-order valence-electron chi connectivity index (χ0n) is 13.0. The van der Waals surface area contributed by atoms with Crippen LogP contribution >= 0.6 is 11.8 Å². The minimum atomic E-state index is -0.110. The Morgan fingerprint density at radius 3 is 2.77 bits per heavy atom. The lowest BCUT2D eigenvalue weighted by Crippen LogP contribution is -2.32. The molecule has 6 heteroatoms. The second kappa shape index (κ2) is 8.08. The molecule has 2 rings (SSSR count). The third-order valence-corrected chi connectivity index (χ3v) is 4.57. The summed E-state index contributed by atoms with van der Waals surface area (Å²) in [5.74, 6) is 0.558. The van der Waals surface area contributed by atoms with Crippen molar-refractivity contribution in [2.45, 2.75) is 25.0 Å². The van der Waals surface area contributed by atoms with Gasteiger partial charge in [-0.2, -0.15) is 11.8 Å². The van der Waals surface area contributed by atoms with E-state index < -0.39 is 0 Å². The summed E-state index contributed by atoms with van der Waals surface area (Å²) in [6, 6.07) is 7.13. The molecular formula is C16H22N2O3S. The molecule has 1 heterocycles. The van der Waals surface area contributed by atoms with Gasteiger partial charge in [-0.3, -0.25) is 9.59 Å². The normalized spacial score (nSPS) is 15.5. The van der Waals surface area contributed by atoms with E-state index in [0.717, 1.165) is 25.9 Å². The van der Waals surface area contributed by atoms with E-state index in [1.807, 2.05) is 18.1 Å². The largest absolute Gasteiger partial charge is 0.484 e. The van der Waals surface area contributed by atoms with Gasteiger partial charge in [-0.1, -0.05) is 6.07 Å². The highest BCUT2D eigenvalue weighted by Crippen LogP contribution is 2.19. The Bertz CT molecular complexity index is 530. The molecule has 1 N–H and O–H groups in total. The minimum absolute atomic E-state index is 0.0166. The van der Waals surface area contributed by atoms with Crippen molar-refractivity contribution in [3.8, 4) is 5.75 Å². The average molecular weight is 322 g/mol. The summed E-state index contributed by atoms with van der Waals surface area (Å²) in [6.45, 7) is 3.55. The SMILES string of the molecule is CSC(C)C(=O)Nc1cccc(OCC(=O)N2CCCC2)c1. The maximum absolute atomic E-state index is 11.9. The Kier molecular flexibility index (Phi) is 6.12. The van der Waals surface area contributed by atoms with E-state index in [0.29, 0.717) is 11.4 Å². The van der Waals surface area contributed by atoms with Gasteiger partial charge < -0.3 is 15.0 Å². The number of nitrogens with zero attached hydrogens (tertiary/aromatic N) is 1. The van der Waals surface area contributed by atoms with Crippen molar-refractivity contribution in [1.29, 1.82) is 0 Å². The number of carbonyl (C=O) groups is 2. The second-order valence-corrected chi connectivity index (χ2v) is 6.45. The Morgan fingerprint density at radius 2 is 2.09 bits per heavy atom. The lowest BCUT2D eigenvalue weighted by Gasteiger charge is -2.16. The number of thioether (sulfide) groups is 1. The second-order valence-electron chi connectivity index (χ2n) is 5.27. The Morgan fingerprint density at radius 1 is 1.36 bits per heavy atom. The summed E-state index contributed by atoms with van der Waals surface area (Å²) in [4.78, 5) is 25.6. The molecule has 1 fully saturated rings. The van der Waals surface area contributed by atoms with E-state index in [9.17, 15) is 9.59 Å². The van der Waals surface area contributed by atoms with Crippen molar-refractivity contribution in [3.63, 3.8) is 0 Å². The number of nitrogens with one attached hydrogen (secondary N) is 1. The van der Waals surface area contributed by atoms with Crippen molar-refractivity contribution >= 4 is 29.3 Å². The van der Waals surface area contributed by atoms with Gasteiger partial charge in [-0.15, -0.1) is 0 Å². The zero-order chi connectivity index (χ0) is 15.9. The van der Waals surface area contributed by atoms with E-state index in [2.05, 4.69) is 5.32 Å². The fraction of sp³-hybridized carbons (Fsp3) is 0.500. The molecule has 1 aliphatic rings. The first-order valence-corrected chi connectivity index (χ1v) is 8.73. The van der Waals surface area contributed by atoms with Gasteiger partial charge in [-0.25, -0.2) is 0 Å². The number of rotatable bonds is 6. The van der Waals surface area contributed by atoms with Gasteiger partial charge in [0.05, 0.1) is 5.25 Å². The molecule has 1 aromatic rings. The first kappa shape index (κ1) is 16.7. The molecule has 0 aromatic heterocycles. The first-order chi connectivity index (χ1) is 10.6. The number of carbonyl (C=O) groups excluding carboxylic acids is 2. The number of benzene rings is 1. The third-order valence-electron chi connectivity index (χ3n) is 3.65. The first-order valence-electron chi connectivity index (χ1n) is 7.44. The highest BCUT2D eigenvalue weighted by atomic mass is 32.2. The fourth-order valence-corrected chi connectivity index (χ4v) is 2.49. The molecule has 1 atom stereocenters. The van der Waals surface area contributed by atoms with Crippen LogP contribution in [0.5, 0.6) is 5.75 Å². The number of hydrogen-bond donors (Lipinski definition) is 1. The summed E-state index contributed by atoms with van der Waals surface area (Å²) in [5.41, 5.74) is 0.678. The molecule has 1 aliphatic heterocycles. The highest BCUT2D eigenvalue weighted by Gasteiger charge is 2.18. The van der Waals surface area contributed by atoms with E-state index in [4.69, 9.17) is 4.74 Å². The number of amides is 2. The Balaban J connectivity index is 1.88. The molecule has 2 amide bonds. The van der Waals surface area contributed by atoms with Gasteiger partial charge in [0.2, 0.25) is 5.91 Å². The van der Waals surface area contributed by atoms with Crippen molar-refractivity contribution in [2.24, 2.45) is 0 Å². The van der Waals surface area contributed by atoms with Crippen LogP contribution in [0.3, 0.4) is 0 Å². The summed E-state index contributed by atoms with van der Waals surface area (Å²) in [7, 11) is 0. The number of hydrogen-bond acceptors (Lipinski definition) is 4. The van der Waals surface area contributed by atoms with E-state index in [1.165, 1.54) is 11.8 Å². The van der Waals surface area contributed by atoms with Crippen LogP contribution in [0.15, 0.2) is 24.3 Å². The lowest BCUT2D eigenvalue weighted by molar-refractivity contribution is -0.132. The van der Waals surface area contributed by atoms with Crippen LogP contribution in [0.25, 0.3) is 0 Å². The van der Waals surface area contributed by atoms with Gasteiger partial charge in [0, 0.05) is 24.8 Å². The topological polar surface area (TPSA) is 58.6 Å². The van der Waals surface area contributed by atoms with Gasteiger partial charge in [-0.05, 0) is 38.2 Å². The average Bonchev–Trinajstić information content (AvgIpc) is 3.06. The summed E-state index contributed by atoms with van der Waals surface area (Å²) in [5, 5.41) is 2.73. The van der Waals surface area contributed by atoms with Crippen molar-refractivity contribution in [1.82, 2.24) is 4.90 Å². The van der Waals surface area contributed by atoms with Gasteiger partial charge in [0.1, 0.15) is 5.75 Å². The van der Waals surface area contributed by atoms with Crippen LogP contribution in [0.1, 0.15) is 19.8 Å². The van der Waals surface area contributed by atoms with Crippen LogP contribution in [0.4, 0.5) is 5.69 Å². The molecule has 0 spiro atoms. The predicted molar refractivity (Wildman–Crippen MR) is 89.4 cm³/mol. The molecule has 0 bridgehead atoms. The molecular weight excluding hydrogens is 300 g/mol. The van der Waals surface area contributed by atoms with E-state index in [-0.39, 0.29) is 23.7 Å². The third kappa shape index (κ3) is 4.66. The smallest absolute Gasteiger partial charge is 0.260 e. The molecule has 120 valence electrons. The van der Waals surface area contributed by atoms with Crippen molar-refractivity contribution in [2.75, 3.05) is 31.3 Å². The molecule has 1 saturated heterocycles. The van der Waals surface area contributed by atoms with Crippen LogP contribution in [0.2, 0.25) is 0 Å². The molecule has 1 aromatic carbocycles. The van der Waals surface area contributed by atoms with Gasteiger partial charge in [0.15, 0.2) is 6.61 Å². The minimum Gasteiger partial charge on any atom is -0.484 e. The summed E-state index contributed by atoms with van der Waals surface area (Å²) in [6.07, 6.45) is 4.04.